The number of nitrogens with zero attached hydrogens (tertiary/aromatic N) is 2. The normalized spacial score (nSPS) is 13.1. The first-order chi connectivity index (χ1) is 8.21. The maximum atomic E-state index is 12.0. The molecule has 1 heterocycles. The molecule has 1 unspecified atom stereocenters. The van der Waals surface area contributed by atoms with Crippen LogP contribution in [0.3, 0.4) is 0 Å². The number of carbonyl (C=O) groups excluding carboxylic acids is 1. The summed E-state index contributed by atoms with van der Waals surface area (Å²) in [6.07, 6.45) is -2.56. The van der Waals surface area contributed by atoms with Gasteiger partial charge >= 0.3 is 18.1 Å². The number of carboxylic acids is 1. The van der Waals surface area contributed by atoms with Crippen LogP contribution in [0.25, 0.3) is 0 Å². The van der Waals surface area contributed by atoms with Crippen LogP contribution in [-0.4, -0.2) is 38.8 Å². The topological polar surface area (TPSA) is 84.2 Å². The van der Waals surface area contributed by atoms with E-state index >= 15 is 0 Å². The lowest BCUT2D eigenvalue weighted by molar-refractivity contribution is -0.175. The summed E-state index contributed by atoms with van der Waals surface area (Å²) in [6, 6.07) is -1.68. The van der Waals surface area contributed by atoms with Crippen molar-refractivity contribution in [3.8, 4) is 0 Å². The fourth-order valence-corrected chi connectivity index (χ4v) is 1.22. The fraction of sp³-hybridized carbons (Fsp3) is 0.444. The number of carboxylic acid groups (broad SMARTS) is 1. The summed E-state index contributed by atoms with van der Waals surface area (Å²) in [4.78, 5) is 25.2. The number of amides is 1. The van der Waals surface area contributed by atoms with Gasteiger partial charge in [0, 0.05) is 25.9 Å². The van der Waals surface area contributed by atoms with E-state index in [1.807, 2.05) is 0 Å². The maximum absolute atomic E-state index is 12.0. The predicted octanol–water partition coefficient (Wildman–Crippen LogP) is 0.0943. The molecule has 2 N–H and O–H groups in total. The Morgan fingerprint density at radius 3 is 2.56 bits per heavy atom. The number of aryl methyl sites for hydroxylation is 1. The number of alkyl halides is 3. The van der Waals surface area contributed by atoms with Crippen LogP contribution in [0.4, 0.5) is 13.2 Å². The number of carbonyl (C=O) groups is 2. The van der Waals surface area contributed by atoms with Crippen LogP contribution in [0.15, 0.2) is 12.4 Å². The summed E-state index contributed by atoms with van der Waals surface area (Å²) in [5.74, 6) is -3.59. The molecule has 0 fully saturated rings. The van der Waals surface area contributed by atoms with Gasteiger partial charge in [-0.3, -0.25) is 4.79 Å². The second kappa shape index (κ2) is 5.07. The Labute approximate surface area is 99.4 Å². The third-order valence-electron chi connectivity index (χ3n) is 2.17. The SMILES string of the molecule is Cn1ccnc1CC(NC(=O)C(F)(F)F)C(=O)O. The van der Waals surface area contributed by atoms with E-state index in [2.05, 4.69) is 4.98 Å². The van der Waals surface area contributed by atoms with E-state index < -0.39 is 24.1 Å². The highest BCUT2D eigenvalue weighted by Crippen LogP contribution is 2.15. The molecule has 0 aliphatic heterocycles. The van der Waals surface area contributed by atoms with Crippen molar-refractivity contribution in [1.82, 2.24) is 14.9 Å². The second-order valence-corrected chi connectivity index (χ2v) is 3.52. The standard InChI is InChI=1S/C9H10F3N3O3/c1-15-3-2-13-6(15)4-5(7(16)17)14-8(18)9(10,11)12/h2-3,5H,4H2,1H3,(H,14,18)(H,16,17). The Bertz CT molecular complexity index is 455. The van der Waals surface area contributed by atoms with Gasteiger partial charge in [0.05, 0.1) is 0 Å². The van der Waals surface area contributed by atoms with Crippen molar-refractivity contribution in [2.45, 2.75) is 18.6 Å². The van der Waals surface area contributed by atoms with E-state index in [0.717, 1.165) is 0 Å². The largest absolute Gasteiger partial charge is 0.480 e. The first-order valence-corrected chi connectivity index (χ1v) is 4.78. The Hall–Kier alpha value is -2.06. The Kier molecular flexibility index (Phi) is 3.94. The zero-order chi connectivity index (χ0) is 13.9. The van der Waals surface area contributed by atoms with Gasteiger partial charge in [-0.1, -0.05) is 0 Å². The molecule has 0 aliphatic rings. The molecule has 1 rings (SSSR count). The molecule has 0 bridgehead atoms. The lowest BCUT2D eigenvalue weighted by atomic mass is 10.2. The average Bonchev–Trinajstić information content (AvgIpc) is 2.61. The van der Waals surface area contributed by atoms with Crippen molar-refractivity contribution in [3.63, 3.8) is 0 Å². The molecule has 0 aliphatic carbocycles. The molecule has 0 aromatic carbocycles. The molecule has 0 saturated carbocycles. The molecule has 1 amide bonds. The highest BCUT2D eigenvalue weighted by molar-refractivity contribution is 5.87. The number of aliphatic carboxylic acids is 1. The lowest BCUT2D eigenvalue weighted by Gasteiger charge is -2.15. The first kappa shape index (κ1) is 14.0. The highest BCUT2D eigenvalue weighted by atomic mass is 19.4. The van der Waals surface area contributed by atoms with Crippen molar-refractivity contribution in [1.29, 1.82) is 0 Å². The number of hydrogen-bond donors (Lipinski definition) is 2. The van der Waals surface area contributed by atoms with Crippen molar-refractivity contribution in [2.24, 2.45) is 7.05 Å². The second-order valence-electron chi connectivity index (χ2n) is 3.52. The molecule has 1 aromatic heterocycles. The number of nitrogens with one attached hydrogen (secondary N) is 1. The van der Waals surface area contributed by atoms with Gasteiger partial charge < -0.3 is 15.0 Å². The van der Waals surface area contributed by atoms with E-state index in [0.29, 0.717) is 0 Å². The average molecular weight is 265 g/mol. The quantitative estimate of drug-likeness (QED) is 0.808. The van der Waals surface area contributed by atoms with Crippen molar-refractivity contribution >= 4 is 11.9 Å². The van der Waals surface area contributed by atoms with Crippen LogP contribution < -0.4 is 5.32 Å². The summed E-state index contributed by atoms with van der Waals surface area (Å²) < 4.78 is 37.5. The van der Waals surface area contributed by atoms with Gasteiger partial charge in [-0.25, -0.2) is 9.78 Å². The molecular formula is C9H10F3N3O3. The first-order valence-electron chi connectivity index (χ1n) is 4.78. The van der Waals surface area contributed by atoms with E-state index in [-0.39, 0.29) is 12.2 Å². The summed E-state index contributed by atoms with van der Waals surface area (Å²) >= 11 is 0. The third-order valence-corrected chi connectivity index (χ3v) is 2.17. The van der Waals surface area contributed by atoms with E-state index in [4.69, 9.17) is 5.11 Å². The third kappa shape index (κ3) is 3.47. The van der Waals surface area contributed by atoms with Crippen molar-refractivity contribution in [2.75, 3.05) is 0 Å². The molecule has 1 aromatic rings. The molecule has 0 spiro atoms. The monoisotopic (exact) mass is 265 g/mol. The van der Waals surface area contributed by atoms with Crippen LogP contribution in [0.2, 0.25) is 0 Å². The number of rotatable bonds is 4. The molecule has 1 atom stereocenters. The van der Waals surface area contributed by atoms with E-state index in [9.17, 15) is 22.8 Å². The minimum atomic E-state index is -5.12. The van der Waals surface area contributed by atoms with Crippen LogP contribution in [0.1, 0.15) is 5.82 Å². The summed E-state index contributed by atoms with van der Waals surface area (Å²) in [5, 5.41) is 10.2. The fourth-order valence-electron chi connectivity index (χ4n) is 1.22. The summed E-state index contributed by atoms with van der Waals surface area (Å²) in [7, 11) is 1.56. The van der Waals surface area contributed by atoms with Gasteiger partial charge in [-0.05, 0) is 0 Å². The van der Waals surface area contributed by atoms with Crippen LogP contribution in [-0.2, 0) is 23.1 Å². The Morgan fingerprint density at radius 2 is 2.17 bits per heavy atom. The van der Waals surface area contributed by atoms with Gasteiger partial charge in [0.2, 0.25) is 0 Å². The molecule has 0 radical (unpaired) electrons. The predicted molar refractivity (Wildman–Crippen MR) is 52.5 cm³/mol. The van der Waals surface area contributed by atoms with E-state index in [1.54, 1.807) is 7.05 Å². The number of halogens is 3. The summed E-state index contributed by atoms with van der Waals surface area (Å²) in [6.45, 7) is 0. The number of aromatic nitrogens is 2. The zero-order valence-corrected chi connectivity index (χ0v) is 9.23. The minimum Gasteiger partial charge on any atom is -0.480 e. The van der Waals surface area contributed by atoms with Crippen molar-refractivity contribution < 1.29 is 27.9 Å². The van der Waals surface area contributed by atoms with Crippen LogP contribution >= 0.6 is 0 Å². The molecule has 0 saturated heterocycles. The zero-order valence-electron chi connectivity index (χ0n) is 9.23. The Morgan fingerprint density at radius 1 is 1.56 bits per heavy atom. The maximum Gasteiger partial charge on any atom is 0.471 e. The molecule has 9 heteroatoms. The molecular weight excluding hydrogens is 255 g/mol. The number of imidazole rings is 1. The van der Waals surface area contributed by atoms with E-state index in [1.165, 1.54) is 22.3 Å². The van der Waals surface area contributed by atoms with Gasteiger partial charge in [-0.2, -0.15) is 13.2 Å². The van der Waals surface area contributed by atoms with Gasteiger partial charge in [0.25, 0.3) is 0 Å². The van der Waals surface area contributed by atoms with Crippen LogP contribution in [0, 0.1) is 0 Å². The van der Waals surface area contributed by atoms with Gasteiger partial charge in [-0.15, -0.1) is 0 Å². The lowest BCUT2D eigenvalue weighted by Crippen LogP contribution is -2.48. The molecule has 6 nitrogen and oxygen atoms in total. The van der Waals surface area contributed by atoms with Gasteiger partial charge in [0.15, 0.2) is 0 Å². The highest BCUT2D eigenvalue weighted by Gasteiger charge is 2.41. The summed E-state index contributed by atoms with van der Waals surface area (Å²) in [5.41, 5.74) is 0. The van der Waals surface area contributed by atoms with Crippen molar-refractivity contribution in [3.05, 3.63) is 18.2 Å². The smallest absolute Gasteiger partial charge is 0.471 e. The molecule has 100 valence electrons. The minimum absolute atomic E-state index is 0.255. The van der Waals surface area contributed by atoms with Gasteiger partial charge in [0.1, 0.15) is 11.9 Å². The van der Waals surface area contributed by atoms with Crippen LogP contribution in [0.5, 0.6) is 0 Å². The Balaban J connectivity index is 2.76. The number of hydrogen-bond acceptors (Lipinski definition) is 3. The molecule has 18 heavy (non-hydrogen) atoms.